The molecule has 1 aliphatic heterocycles. The fourth-order valence-electron chi connectivity index (χ4n) is 3.40. The van der Waals surface area contributed by atoms with Gasteiger partial charge in [0, 0.05) is 22.6 Å². The number of aromatic carboxylic acids is 1. The largest absolute Gasteiger partial charge is 0.478 e. The standard InChI is InChI=1S/C23H16ClN3O4S/c1-13-18(24)8-3-9-19(13)27-21(29)17(20(28)25-23(27)32)12-16-7-4-10-26(16)15-6-2-5-14(11-15)22(30)31/h2-12H,1H3,(H,30,31)(H,25,28,32)/b17-12+. The van der Waals surface area contributed by atoms with Gasteiger partial charge in [0.15, 0.2) is 5.11 Å². The lowest BCUT2D eigenvalue weighted by atomic mass is 10.1. The molecule has 0 unspecified atom stereocenters. The van der Waals surface area contributed by atoms with E-state index in [0.717, 1.165) is 0 Å². The molecule has 1 aromatic heterocycles. The number of carbonyl (C=O) groups is 3. The minimum Gasteiger partial charge on any atom is -0.478 e. The molecule has 1 saturated heterocycles. The number of amides is 2. The van der Waals surface area contributed by atoms with Crippen LogP contribution in [0.25, 0.3) is 11.8 Å². The Labute approximate surface area is 193 Å². The van der Waals surface area contributed by atoms with Gasteiger partial charge in [-0.2, -0.15) is 0 Å². The Morgan fingerprint density at radius 3 is 2.62 bits per heavy atom. The number of halogens is 1. The first-order valence-corrected chi connectivity index (χ1v) is 10.2. The monoisotopic (exact) mass is 465 g/mol. The van der Waals surface area contributed by atoms with Crippen LogP contribution in [0, 0.1) is 6.92 Å². The first-order valence-electron chi connectivity index (χ1n) is 9.45. The van der Waals surface area contributed by atoms with Crippen molar-refractivity contribution in [2.24, 2.45) is 0 Å². The van der Waals surface area contributed by atoms with E-state index in [1.54, 1.807) is 60.2 Å². The average Bonchev–Trinajstić information content (AvgIpc) is 3.22. The van der Waals surface area contributed by atoms with E-state index in [1.807, 2.05) is 0 Å². The summed E-state index contributed by atoms with van der Waals surface area (Å²) in [6.07, 6.45) is 3.15. The van der Waals surface area contributed by atoms with Gasteiger partial charge in [0.05, 0.1) is 11.3 Å². The van der Waals surface area contributed by atoms with E-state index < -0.39 is 17.8 Å². The molecule has 0 radical (unpaired) electrons. The highest BCUT2D eigenvalue weighted by molar-refractivity contribution is 7.80. The number of carbonyl (C=O) groups excluding carboxylic acids is 2. The van der Waals surface area contributed by atoms with Crippen LogP contribution < -0.4 is 10.2 Å². The molecule has 1 fully saturated rings. The highest BCUT2D eigenvalue weighted by Gasteiger charge is 2.35. The van der Waals surface area contributed by atoms with Crippen LogP contribution in [0.4, 0.5) is 5.69 Å². The van der Waals surface area contributed by atoms with Gasteiger partial charge < -0.3 is 9.67 Å². The first kappa shape index (κ1) is 21.5. The number of thiocarbonyl (C=S) groups is 1. The van der Waals surface area contributed by atoms with Crippen molar-refractivity contribution >= 4 is 58.5 Å². The van der Waals surface area contributed by atoms with E-state index in [4.69, 9.17) is 23.8 Å². The Morgan fingerprint density at radius 2 is 1.88 bits per heavy atom. The van der Waals surface area contributed by atoms with Crippen molar-refractivity contribution < 1.29 is 19.5 Å². The van der Waals surface area contributed by atoms with Gasteiger partial charge in [0.25, 0.3) is 11.8 Å². The smallest absolute Gasteiger partial charge is 0.335 e. The summed E-state index contributed by atoms with van der Waals surface area (Å²) in [5.41, 5.74) is 2.21. The maximum atomic E-state index is 13.3. The quantitative estimate of drug-likeness (QED) is 0.345. The SMILES string of the molecule is Cc1c(Cl)cccc1N1C(=O)/C(=C/c2cccn2-c2cccc(C(=O)O)c2)C(=O)NC1=S. The Morgan fingerprint density at radius 1 is 1.12 bits per heavy atom. The number of carboxylic acid groups (broad SMARTS) is 1. The summed E-state index contributed by atoms with van der Waals surface area (Å²) in [6, 6.07) is 14.9. The summed E-state index contributed by atoms with van der Waals surface area (Å²) in [7, 11) is 0. The Kier molecular flexibility index (Phi) is 5.65. The summed E-state index contributed by atoms with van der Waals surface area (Å²) < 4.78 is 1.68. The Bertz CT molecular complexity index is 1330. The molecule has 2 aromatic carbocycles. The number of hydrogen-bond acceptors (Lipinski definition) is 4. The maximum absolute atomic E-state index is 13.3. The van der Waals surface area contributed by atoms with E-state index in [-0.39, 0.29) is 16.2 Å². The third-order valence-electron chi connectivity index (χ3n) is 5.03. The molecule has 32 heavy (non-hydrogen) atoms. The van der Waals surface area contributed by atoms with Crippen molar-refractivity contribution in [3.05, 3.63) is 88.2 Å². The fraction of sp³-hybridized carbons (Fsp3) is 0.0435. The number of rotatable bonds is 4. The van der Waals surface area contributed by atoms with Gasteiger partial charge >= 0.3 is 5.97 Å². The van der Waals surface area contributed by atoms with Crippen LogP contribution in [-0.2, 0) is 9.59 Å². The number of carboxylic acids is 1. The predicted molar refractivity (Wildman–Crippen MR) is 125 cm³/mol. The normalized spacial score (nSPS) is 15.2. The molecule has 9 heteroatoms. The van der Waals surface area contributed by atoms with Gasteiger partial charge in [-0.3, -0.25) is 19.8 Å². The van der Waals surface area contributed by atoms with Gasteiger partial charge in [0.1, 0.15) is 5.57 Å². The van der Waals surface area contributed by atoms with E-state index in [1.165, 1.54) is 23.1 Å². The molecule has 2 amide bonds. The Balaban J connectivity index is 1.77. The second-order valence-corrected chi connectivity index (χ2v) is 7.79. The molecule has 0 saturated carbocycles. The maximum Gasteiger partial charge on any atom is 0.335 e. The fourth-order valence-corrected chi connectivity index (χ4v) is 3.84. The van der Waals surface area contributed by atoms with E-state index in [2.05, 4.69) is 5.32 Å². The summed E-state index contributed by atoms with van der Waals surface area (Å²) in [4.78, 5) is 38.5. The van der Waals surface area contributed by atoms with Crippen LogP contribution in [0.3, 0.4) is 0 Å². The molecule has 7 nitrogen and oxygen atoms in total. The minimum absolute atomic E-state index is 0.0351. The van der Waals surface area contributed by atoms with Gasteiger partial charge in [-0.05, 0) is 73.2 Å². The molecule has 2 N–H and O–H groups in total. The second-order valence-electron chi connectivity index (χ2n) is 7.00. The summed E-state index contributed by atoms with van der Waals surface area (Å²) in [5, 5.41) is 12.2. The number of anilines is 1. The molecule has 1 aliphatic rings. The molecule has 0 bridgehead atoms. The minimum atomic E-state index is -1.05. The zero-order chi connectivity index (χ0) is 23.0. The van der Waals surface area contributed by atoms with E-state index in [0.29, 0.717) is 27.7 Å². The van der Waals surface area contributed by atoms with Crippen LogP contribution in [-0.4, -0.2) is 32.6 Å². The van der Waals surface area contributed by atoms with Gasteiger partial charge in [-0.1, -0.05) is 23.7 Å². The van der Waals surface area contributed by atoms with Crippen LogP contribution in [0.15, 0.2) is 66.4 Å². The van der Waals surface area contributed by atoms with Crippen molar-refractivity contribution in [3.8, 4) is 5.69 Å². The molecule has 0 atom stereocenters. The second kappa shape index (κ2) is 8.41. The number of hydrogen-bond donors (Lipinski definition) is 2. The van der Waals surface area contributed by atoms with Gasteiger partial charge in [0.2, 0.25) is 0 Å². The van der Waals surface area contributed by atoms with Crippen molar-refractivity contribution in [1.82, 2.24) is 9.88 Å². The summed E-state index contributed by atoms with van der Waals surface area (Å²) >= 11 is 11.5. The average molecular weight is 466 g/mol. The molecule has 4 rings (SSSR count). The van der Waals surface area contributed by atoms with Crippen molar-refractivity contribution in [2.45, 2.75) is 6.92 Å². The number of nitrogens with zero attached hydrogens (tertiary/aromatic N) is 2. The number of aromatic nitrogens is 1. The lowest BCUT2D eigenvalue weighted by Gasteiger charge is -2.30. The summed E-state index contributed by atoms with van der Waals surface area (Å²) in [5.74, 6) is -2.26. The number of benzene rings is 2. The van der Waals surface area contributed by atoms with Crippen molar-refractivity contribution in [2.75, 3.05) is 4.90 Å². The molecule has 2 heterocycles. The predicted octanol–water partition coefficient (Wildman–Crippen LogP) is 3.97. The van der Waals surface area contributed by atoms with E-state index >= 15 is 0 Å². The molecular weight excluding hydrogens is 450 g/mol. The molecule has 0 aliphatic carbocycles. The molecule has 160 valence electrons. The number of nitrogens with one attached hydrogen (secondary N) is 1. The first-order chi connectivity index (χ1) is 15.3. The van der Waals surface area contributed by atoms with Crippen molar-refractivity contribution in [3.63, 3.8) is 0 Å². The molecular formula is C23H16ClN3O4S. The third kappa shape index (κ3) is 3.81. The van der Waals surface area contributed by atoms with Crippen LogP contribution >= 0.6 is 23.8 Å². The summed E-state index contributed by atoms with van der Waals surface area (Å²) in [6.45, 7) is 1.76. The molecule has 3 aromatic rings. The van der Waals surface area contributed by atoms with Crippen LogP contribution in [0.1, 0.15) is 21.6 Å². The third-order valence-corrected chi connectivity index (χ3v) is 5.72. The van der Waals surface area contributed by atoms with Crippen molar-refractivity contribution in [1.29, 1.82) is 0 Å². The zero-order valence-electron chi connectivity index (χ0n) is 16.7. The molecule has 0 spiro atoms. The lowest BCUT2D eigenvalue weighted by molar-refractivity contribution is -0.122. The van der Waals surface area contributed by atoms with Gasteiger partial charge in [-0.15, -0.1) is 0 Å². The van der Waals surface area contributed by atoms with E-state index in [9.17, 15) is 19.5 Å². The van der Waals surface area contributed by atoms with Crippen LogP contribution in [0.5, 0.6) is 0 Å². The lowest BCUT2D eigenvalue weighted by Crippen LogP contribution is -2.54. The zero-order valence-corrected chi connectivity index (χ0v) is 18.3. The Hall–Kier alpha value is -3.75. The van der Waals surface area contributed by atoms with Gasteiger partial charge in [-0.25, -0.2) is 4.79 Å². The highest BCUT2D eigenvalue weighted by atomic mass is 35.5. The highest BCUT2D eigenvalue weighted by Crippen LogP contribution is 2.30. The van der Waals surface area contributed by atoms with Crippen LogP contribution in [0.2, 0.25) is 5.02 Å². The topological polar surface area (TPSA) is 91.6 Å².